The van der Waals surface area contributed by atoms with Gasteiger partial charge in [-0.2, -0.15) is 14.6 Å². The third-order valence-electron chi connectivity index (χ3n) is 2.14. The van der Waals surface area contributed by atoms with Gasteiger partial charge in [0.2, 0.25) is 0 Å². The van der Waals surface area contributed by atoms with Crippen LogP contribution in [0.5, 0.6) is 0 Å². The monoisotopic (exact) mass is 243 g/mol. The Morgan fingerprint density at radius 2 is 2.29 bits per heavy atom. The summed E-state index contributed by atoms with van der Waals surface area (Å²) in [7, 11) is 0. The van der Waals surface area contributed by atoms with Crippen LogP contribution in [0, 0.1) is 6.92 Å². The average molecular weight is 243 g/mol. The molecule has 0 radical (unpaired) electrons. The minimum atomic E-state index is -3.18. The Bertz CT molecular complexity index is 527. The lowest BCUT2D eigenvalue weighted by Crippen LogP contribution is -2.31. The van der Waals surface area contributed by atoms with Gasteiger partial charge in [-0.15, -0.1) is 0 Å². The molecule has 2 rings (SSSR count). The highest BCUT2D eigenvalue weighted by Gasteiger charge is 2.27. The van der Waals surface area contributed by atoms with Crippen molar-refractivity contribution >= 4 is 11.6 Å². The molecule has 8 heteroatoms. The van der Waals surface area contributed by atoms with E-state index in [-0.39, 0.29) is 0 Å². The summed E-state index contributed by atoms with van der Waals surface area (Å²) >= 11 is 0. The Labute approximate surface area is 95.3 Å². The van der Waals surface area contributed by atoms with Crippen LogP contribution < -0.4 is 5.32 Å². The Morgan fingerprint density at radius 3 is 3.00 bits per heavy atom. The van der Waals surface area contributed by atoms with E-state index >= 15 is 0 Å². The second kappa shape index (κ2) is 4.21. The zero-order chi connectivity index (χ0) is 12.5. The number of nitrogens with one attached hydrogen (secondary N) is 1. The molecule has 0 amide bonds. The number of rotatable bonds is 4. The SMILES string of the molecule is Cc1cc(NCC(F)(F)CO)n2ncnc2n1. The first kappa shape index (κ1) is 11.6. The lowest BCUT2D eigenvalue weighted by molar-refractivity contribution is -0.0373. The minimum absolute atomic E-state index is 0.333. The summed E-state index contributed by atoms with van der Waals surface area (Å²) in [5, 5.41) is 14.8. The van der Waals surface area contributed by atoms with Gasteiger partial charge in [-0.3, -0.25) is 0 Å². The highest BCUT2D eigenvalue weighted by atomic mass is 19.3. The standard InChI is InChI=1S/C9H11F2N5O/c1-6-2-7(12-3-9(10,11)4-17)16-8(15-6)13-5-14-16/h2,5,12,17H,3-4H2,1H3. The molecular weight excluding hydrogens is 232 g/mol. The highest BCUT2D eigenvalue weighted by molar-refractivity contribution is 5.44. The third kappa shape index (κ3) is 2.47. The van der Waals surface area contributed by atoms with E-state index in [9.17, 15) is 8.78 Å². The molecule has 0 aliphatic heterocycles. The van der Waals surface area contributed by atoms with Crippen LogP contribution in [-0.4, -0.2) is 43.8 Å². The first-order chi connectivity index (χ1) is 8.02. The summed E-state index contributed by atoms with van der Waals surface area (Å²) in [6.45, 7) is -0.156. The molecule has 2 aromatic heterocycles. The number of aromatic nitrogens is 4. The molecule has 2 heterocycles. The van der Waals surface area contributed by atoms with Gasteiger partial charge in [0.25, 0.3) is 11.7 Å². The molecule has 2 N–H and O–H groups in total. The second-order valence-corrected chi connectivity index (χ2v) is 3.62. The second-order valence-electron chi connectivity index (χ2n) is 3.62. The van der Waals surface area contributed by atoms with Crippen molar-refractivity contribution in [3.05, 3.63) is 18.1 Å². The van der Waals surface area contributed by atoms with Crippen LogP contribution in [-0.2, 0) is 0 Å². The molecule has 0 saturated carbocycles. The Morgan fingerprint density at radius 1 is 1.53 bits per heavy atom. The number of hydrogen-bond acceptors (Lipinski definition) is 5. The number of anilines is 1. The Kier molecular flexibility index (Phi) is 2.88. The number of aryl methyl sites for hydroxylation is 1. The molecule has 0 aliphatic rings. The highest BCUT2D eigenvalue weighted by Crippen LogP contribution is 2.15. The summed E-state index contributed by atoms with van der Waals surface area (Å²) in [6.07, 6.45) is 1.29. The fraction of sp³-hybridized carbons (Fsp3) is 0.444. The van der Waals surface area contributed by atoms with Crippen LogP contribution in [0.4, 0.5) is 14.6 Å². The average Bonchev–Trinajstić information content (AvgIpc) is 2.73. The summed E-state index contributed by atoms with van der Waals surface area (Å²) in [6, 6.07) is 1.58. The maximum atomic E-state index is 12.9. The van der Waals surface area contributed by atoms with Crippen LogP contribution in [0.25, 0.3) is 5.78 Å². The topological polar surface area (TPSA) is 75.3 Å². The molecule has 0 unspecified atom stereocenters. The van der Waals surface area contributed by atoms with Crippen molar-refractivity contribution < 1.29 is 13.9 Å². The van der Waals surface area contributed by atoms with E-state index in [4.69, 9.17) is 5.11 Å². The van der Waals surface area contributed by atoms with Gasteiger partial charge < -0.3 is 10.4 Å². The zero-order valence-corrected chi connectivity index (χ0v) is 9.06. The van der Waals surface area contributed by atoms with E-state index in [0.29, 0.717) is 17.3 Å². The van der Waals surface area contributed by atoms with E-state index in [0.717, 1.165) is 0 Å². The summed E-state index contributed by atoms with van der Waals surface area (Å²) in [5.74, 6) is -2.48. The Hall–Kier alpha value is -1.83. The van der Waals surface area contributed by atoms with Crippen molar-refractivity contribution in [1.82, 2.24) is 19.6 Å². The largest absolute Gasteiger partial charge is 0.390 e. The first-order valence-corrected chi connectivity index (χ1v) is 4.92. The van der Waals surface area contributed by atoms with Gasteiger partial charge in [-0.05, 0) is 6.92 Å². The quantitative estimate of drug-likeness (QED) is 0.816. The number of aliphatic hydroxyl groups is 1. The molecule has 0 aromatic carbocycles. The molecule has 0 atom stereocenters. The number of hydrogen-bond donors (Lipinski definition) is 2. The first-order valence-electron chi connectivity index (χ1n) is 4.92. The molecule has 0 spiro atoms. The van der Waals surface area contributed by atoms with Gasteiger partial charge in [0.15, 0.2) is 0 Å². The van der Waals surface area contributed by atoms with Crippen LogP contribution in [0.1, 0.15) is 5.69 Å². The van der Waals surface area contributed by atoms with Crippen LogP contribution in [0.2, 0.25) is 0 Å². The van der Waals surface area contributed by atoms with Crippen molar-refractivity contribution in [2.24, 2.45) is 0 Å². The molecule has 0 bridgehead atoms. The smallest absolute Gasteiger partial charge is 0.287 e. The maximum absolute atomic E-state index is 12.9. The minimum Gasteiger partial charge on any atom is -0.390 e. The number of aliphatic hydroxyl groups excluding tert-OH is 1. The van der Waals surface area contributed by atoms with Gasteiger partial charge in [0.05, 0.1) is 6.54 Å². The van der Waals surface area contributed by atoms with Crippen molar-refractivity contribution in [1.29, 1.82) is 0 Å². The van der Waals surface area contributed by atoms with Crippen molar-refractivity contribution in [3.8, 4) is 0 Å². The third-order valence-corrected chi connectivity index (χ3v) is 2.14. The van der Waals surface area contributed by atoms with Gasteiger partial charge in [0.1, 0.15) is 18.8 Å². The molecule has 92 valence electrons. The van der Waals surface area contributed by atoms with Crippen molar-refractivity contribution in [2.45, 2.75) is 12.8 Å². The van der Waals surface area contributed by atoms with Crippen LogP contribution in [0.15, 0.2) is 12.4 Å². The zero-order valence-electron chi connectivity index (χ0n) is 9.06. The molecule has 2 aromatic rings. The summed E-state index contributed by atoms with van der Waals surface area (Å²) < 4.78 is 27.1. The van der Waals surface area contributed by atoms with Gasteiger partial charge in [0, 0.05) is 11.8 Å². The summed E-state index contributed by atoms with van der Waals surface area (Å²) in [5.41, 5.74) is 0.639. The van der Waals surface area contributed by atoms with Crippen LogP contribution in [0.3, 0.4) is 0 Å². The maximum Gasteiger partial charge on any atom is 0.287 e. The number of nitrogens with zero attached hydrogens (tertiary/aromatic N) is 4. The number of halogens is 2. The number of fused-ring (bicyclic) bond motifs is 1. The number of alkyl halides is 2. The van der Waals surface area contributed by atoms with Gasteiger partial charge in [-0.25, -0.2) is 13.8 Å². The summed E-state index contributed by atoms with van der Waals surface area (Å²) in [4.78, 5) is 7.94. The van der Waals surface area contributed by atoms with E-state index < -0.39 is 19.1 Å². The predicted molar refractivity (Wildman–Crippen MR) is 56.0 cm³/mol. The Balaban J connectivity index is 2.26. The van der Waals surface area contributed by atoms with E-state index in [1.807, 2.05) is 0 Å². The molecule has 0 saturated heterocycles. The molecule has 17 heavy (non-hydrogen) atoms. The lowest BCUT2D eigenvalue weighted by atomic mass is 10.3. The normalized spacial score (nSPS) is 12.0. The predicted octanol–water partition coefficient (Wildman–Crippen LogP) is 0.472. The molecular formula is C9H11F2N5O. The fourth-order valence-corrected chi connectivity index (χ4v) is 1.33. The van der Waals surface area contributed by atoms with E-state index in [2.05, 4.69) is 20.4 Å². The van der Waals surface area contributed by atoms with Crippen LogP contribution >= 0.6 is 0 Å². The molecule has 0 fully saturated rings. The molecule has 6 nitrogen and oxygen atoms in total. The molecule has 0 aliphatic carbocycles. The lowest BCUT2D eigenvalue weighted by Gasteiger charge is -2.15. The van der Waals surface area contributed by atoms with Gasteiger partial charge in [-0.1, -0.05) is 0 Å². The van der Waals surface area contributed by atoms with Gasteiger partial charge >= 0.3 is 0 Å². The van der Waals surface area contributed by atoms with Crippen molar-refractivity contribution in [3.63, 3.8) is 0 Å². The van der Waals surface area contributed by atoms with E-state index in [1.165, 1.54) is 10.8 Å². The van der Waals surface area contributed by atoms with Crippen molar-refractivity contribution in [2.75, 3.05) is 18.5 Å². The fourth-order valence-electron chi connectivity index (χ4n) is 1.33. The van der Waals surface area contributed by atoms with E-state index in [1.54, 1.807) is 13.0 Å².